The van der Waals surface area contributed by atoms with Crippen molar-refractivity contribution in [1.29, 1.82) is 0 Å². The first-order valence-corrected chi connectivity index (χ1v) is 11.6. The highest BCUT2D eigenvalue weighted by molar-refractivity contribution is 7.07. The zero-order valence-electron chi connectivity index (χ0n) is 18.5. The fraction of sp³-hybridized carbons (Fsp3) is 0.111. The van der Waals surface area contributed by atoms with E-state index in [0.29, 0.717) is 6.54 Å². The van der Waals surface area contributed by atoms with Crippen LogP contribution in [-0.2, 0) is 6.54 Å². The lowest BCUT2D eigenvalue weighted by molar-refractivity contribution is 0.416. The van der Waals surface area contributed by atoms with Crippen molar-refractivity contribution in [3.8, 4) is 17.0 Å². The summed E-state index contributed by atoms with van der Waals surface area (Å²) in [6.07, 6.45) is 1.92. The largest absolute Gasteiger partial charge is 0.496 e. The number of benzene rings is 3. The highest BCUT2D eigenvalue weighted by atomic mass is 32.1. The van der Waals surface area contributed by atoms with Crippen LogP contribution in [0.5, 0.6) is 5.75 Å². The maximum Gasteiger partial charge on any atom is 0.206 e. The monoisotopic (exact) mass is 452 g/mol. The molecule has 6 heteroatoms. The van der Waals surface area contributed by atoms with Crippen LogP contribution in [-0.4, -0.2) is 23.0 Å². The molecule has 0 aliphatic heterocycles. The van der Waals surface area contributed by atoms with Gasteiger partial charge in [-0.05, 0) is 30.7 Å². The molecule has 5 aromatic rings. The van der Waals surface area contributed by atoms with Gasteiger partial charge in [-0.1, -0.05) is 60.7 Å². The maximum absolute atomic E-state index is 5.62. The van der Waals surface area contributed by atoms with Crippen LogP contribution >= 0.6 is 11.3 Å². The van der Waals surface area contributed by atoms with Gasteiger partial charge in [0, 0.05) is 33.1 Å². The van der Waals surface area contributed by atoms with E-state index < -0.39 is 0 Å². The van der Waals surface area contributed by atoms with Crippen molar-refractivity contribution in [2.75, 3.05) is 7.11 Å². The van der Waals surface area contributed by atoms with Gasteiger partial charge in [-0.15, -0.1) is 11.3 Å². The molecular weight excluding hydrogens is 428 g/mol. The number of methoxy groups -OCH3 is 1. The molecule has 3 aromatic carbocycles. The van der Waals surface area contributed by atoms with Crippen LogP contribution in [0.15, 0.2) is 94.3 Å². The summed E-state index contributed by atoms with van der Waals surface area (Å²) in [5, 5.41) is 8.15. The van der Waals surface area contributed by atoms with E-state index in [2.05, 4.69) is 41.6 Å². The molecule has 0 saturated carbocycles. The molecule has 2 aromatic heterocycles. The molecule has 0 spiro atoms. The zero-order chi connectivity index (χ0) is 22.6. The average molecular weight is 453 g/mol. The molecule has 0 radical (unpaired) electrons. The second-order valence-corrected chi connectivity index (χ2v) is 8.51. The van der Waals surface area contributed by atoms with Gasteiger partial charge in [0.25, 0.3) is 0 Å². The highest BCUT2D eigenvalue weighted by Gasteiger charge is 2.13. The molecule has 0 fully saturated rings. The highest BCUT2D eigenvalue weighted by Crippen LogP contribution is 2.30. The second kappa shape index (κ2) is 9.30. The van der Waals surface area contributed by atoms with Gasteiger partial charge in [-0.3, -0.25) is 4.99 Å². The molecule has 5 nitrogen and oxygen atoms in total. The number of aromatic amines is 1. The quantitative estimate of drug-likeness (QED) is 0.316. The normalized spacial score (nSPS) is 12.1. The van der Waals surface area contributed by atoms with Gasteiger partial charge in [-0.25, -0.2) is 4.68 Å². The minimum atomic E-state index is 0.592. The number of aryl methyl sites for hydroxylation is 1. The fourth-order valence-electron chi connectivity index (χ4n) is 3.88. The van der Waals surface area contributed by atoms with E-state index in [-0.39, 0.29) is 0 Å². The molecule has 5 rings (SSSR count). The topological polar surface area (TPSA) is 54.7 Å². The van der Waals surface area contributed by atoms with Crippen molar-refractivity contribution in [3.63, 3.8) is 0 Å². The third-order valence-electron chi connectivity index (χ3n) is 5.55. The Hall–Kier alpha value is -3.90. The molecule has 2 heterocycles. The number of fused-ring (bicyclic) bond motifs is 1. The van der Waals surface area contributed by atoms with E-state index in [9.17, 15) is 0 Å². The Bertz CT molecular complexity index is 1490. The lowest BCUT2D eigenvalue weighted by Gasteiger charge is -2.08. The summed E-state index contributed by atoms with van der Waals surface area (Å²) in [6, 6.07) is 26.5. The van der Waals surface area contributed by atoms with Crippen LogP contribution in [0.1, 0.15) is 16.8 Å². The summed E-state index contributed by atoms with van der Waals surface area (Å²) in [4.78, 5) is 9.15. The maximum atomic E-state index is 5.62. The molecule has 0 unspecified atom stereocenters. The summed E-state index contributed by atoms with van der Waals surface area (Å²) in [5.41, 5.74) is 6.34. The van der Waals surface area contributed by atoms with Crippen LogP contribution in [0, 0.1) is 6.92 Å². The smallest absolute Gasteiger partial charge is 0.206 e. The summed E-state index contributed by atoms with van der Waals surface area (Å²) >= 11 is 1.57. The Kier molecular flexibility index (Phi) is 5.91. The van der Waals surface area contributed by atoms with Crippen LogP contribution in [0.25, 0.3) is 22.2 Å². The minimum absolute atomic E-state index is 0.592. The Labute approximate surface area is 196 Å². The van der Waals surface area contributed by atoms with Crippen LogP contribution in [0.3, 0.4) is 0 Å². The number of aromatic nitrogens is 2. The Balaban J connectivity index is 1.64. The molecule has 0 aliphatic rings. The van der Waals surface area contributed by atoms with E-state index in [0.717, 1.165) is 49.5 Å². The van der Waals surface area contributed by atoms with Crippen molar-refractivity contribution in [2.24, 2.45) is 10.1 Å². The zero-order valence-corrected chi connectivity index (χ0v) is 19.3. The van der Waals surface area contributed by atoms with E-state index in [4.69, 9.17) is 14.8 Å². The lowest BCUT2D eigenvalue weighted by atomic mass is 10.1. The number of nitrogens with one attached hydrogen (secondary N) is 1. The van der Waals surface area contributed by atoms with Gasteiger partial charge in [0.15, 0.2) is 0 Å². The van der Waals surface area contributed by atoms with Crippen LogP contribution in [0.4, 0.5) is 0 Å². The van der Waals surface area contributed by atoms with Gasteiger partial charge in [0.1, 0.15) is 5.75 Å². The van der Waals surface area contributed by atoms with Gasteiger partial charge in [0.2, 0.25) is 4.80 Å². The third-order valence-corrected chi connectivity index (χ3v) is 6.41. The number of hydrogen-bond acceptors (Lipinski definition) is 4. The van der Waals surface area contributed by atoms with Crippen LogP contribution in [0.2, 0.25) is 0 Å². The first kappa shape index (κ1) is 21.0. The van der Waals surface area contributed by atoms with E-state index in [1.165, 1.54) is 0 Å². The summed E-state index contributed by atoms with van der Waals surface area (Å²) in [6.45, 7) is 2.66. The average Bonchev–Trinajstić information content (AvgIpc) is 3.41. The van der Waals surface area contributed by atoms with Crippen LogP contribution < -0.4 is 9.54 Å². The molecule has 33 heavy (non-hydrogen) atoms. The number of thiazole rings is 1. The first-order chi connectivity index (χ1) is 16.2. The Morgan fingerprint density at radius 3 is 2.58 bits per heavy atom. The number of nitrogens with zero attached hydrogens (tertiary/aromatic N) is 3. The fourth-order valence-corrected chi connectivity index (χ4v) is 4.71. The molecule has 0 bridgehead atoms. The van der Waals surface area contributed by atoms with Crippen molar-refractivity contribution < 1.29 is 4.74 Å². The number of ether oxygens (including phenoxy) is 1. The molecule has 0 aliphatic carbocycles. The number of H-pyrrole nitrogens is 1. The first-order valence-electron chi connectivity index (χ1n) is 10.7. The molecular formula is C27H24N4OS. The predicted molar refractivity (Wildman–Crippen MR) is 136 cm³/mol. The summed E-state index contributed by atoms with van der Waals surface area (Å²) < 4.78 is 7.53. The van der Waals surface area contributed by atoms with E-state index >= 15 is 0 Å². The van der Waals surface area contributed by atoms with Gasteiger partial charge in [0.05, 0.1) is 25.6 Å². The van der Waals surface area contributed by atoms with Crippen molar-refractivity contribution >= 4 is 28.5 Å². The predicted octanol–water partition coefficient (Wildman–Crippen LogP) is 6.00. The van der Waals surface area contributed by atoms with E-state index in [1.807, 2.05) is 65.5 Å². The van der Waals surface area contributed by atoms with E-state index in [1.54, 1.807) is 18.4 Å². The van der Waals surface area contributed by atoms with Gasteiger partial charge < -0.3 is 9.72 Å². The second-order valence-electron chi connectivity index (χ2n) is 7.67. The Morgan fingerprint density at radius 1 is 0.970 bits per heavy atom. The Morgan fingerprint density at radius 2 is 1.73 bits per heavy atom. The lowest BCUT2D eigenvalue weighted by Crippen LogP contribution is -2.12. The number of rotatable bonds is 6. The number of hydrogen-bond donors (Lipinski definition) is 1. The summed E-state index contributed by atoms with van der Waals surface area (Å²) in [5.74, 6) is 0.803. The molecule has 0 amide bonds. The van der Waals surface area contributed by atoms with Crippen molar-refractivity contribution in [2.45, 2.75) is 13.5 Å². The molecule has 164 valence electrons. The SMILES string of the molecule is COc1ccccc1-c1csc(=NCc2ccccc2)n1N=Cc1c(C)[nH]c2ccccc12. The molecule has 0 saturated heterocycles. The van der Waals surface area contributed by atoms with Crippen molar-refractivity contribution in [1.82, 2.24) is 9.66 Å². The van der Waals surface area contributed by atoms with Gasteiger partial charge >= 0.3 is 0 Å². The minimum Gasteiger partial charge on any atom is -0.496 e. The summed E-state index contributed by atoms with van der Waals surface area (Å²) in [7, 11) is 1.69. The third kappa shape index (κ3) is 4.25. The van der Waals surface area contributed by atoms with Crippen molar-refractivity contribution in [3.05, 3.63) is 106 Å². The van der Waals surface area contributed by atoms with Gasteiger partial charge in [-0.2, -0.15) is 5.10 Å². The molecule has 0 atom stereocenters. The number of para-hydroxylation sites is 2. The standard InChI is InChI=1S/C27H24N4OS/c1-19-23(21-12-6-8-14-24(21)30-19)17-29-31-25(22-13-7-9-15-26(22)32-2)18-33-27(31)28-16-20-10-4-3-5-11-20/h3-15,17-18,30H,16H2,1-2H3. The molecule has 1 N–H and O–H groups in total.